The Balaban J connectivity index is 1.59. The third kappa shape index (κ3) is 11.0. The van der Waals surface area contributed by atoms with Crippen molar-refractivity contribution in [3.05, 3.63) is 0 Å². The van der Waals surface area contributed by atoms with Crippen molar-refractivity contribution in [2.45, 2.75) is 148 Å². The van der Waals surface area contributed by atoms with Crippen LogP contribution in [0.3, 0.4) is 0 Å². The van der Waals surface area contributed by atoms with Crippen molar-refractivity contribution in [2.24, 2.45) is 10.8 Å². The van der Waals surface area contributed by atoms with Crippen LogP contribution in [0.1, 0.15) is 124 Å². The van der Waals surface area contributed by atoms with E-state index in [4.69, 9.17) is 9.47 Å². The summed E-state index contributed by atoms with van der Waals surface area (Å²) in [5.74, 6) is 0. The molecule has 2 saturated heterocycles. The summed E-state index contributed by atoms with van der Waals surface area (Å²) in [6.07, 6.45) is 19.4. The Morgan fingerprint density at radius 2 is 0.903 bits per heavy atom. The molecule has 31 heavy (non-hydrogen) atoms. The summed E-state index contributed by atoms with van der Waals surface area (Å²) < 4.78 is 12.8. The topological polar surface area (TPSA) is 58.9 Å². The summed E-state index contributed by atoms with van der Waals surface area (Å²) in [6.45, 7) is 9.12. The van der Waals surface area contributed by atoms with Gasteiger partial charge in [-0.2, -0.15) is 0 Å². The van der Waals surface area contributed by atoms with Gasteiger partial charge in [0.1, 0.15) is 0 Å². The van der Waals surface area contributed by atoms with Crippen molar-refractivity contribution in [1.29, 1.82) is 0 Å². The molecule has 2 N–H and O–H groups in total. The van der Waals surface area contributed by atoms with Crippen molar-refractivity contribution in [3.63, 3.8) is 0 Å². The van der Waals surface area contributed by atoms with Gasteiger partial charge in [-0.3, -0.25) is 0 Å². The van der Waals surface area contributed by atoms with Crippen LogP contribution in [0.15, 0.2) is 0 Å². The van der Waals surface area contributed by atoms with Gasteiger partial charge < -0.3 is 19.7 Å². The number of ether oxygens (including phenoxy) is 2. The summed E-state index contributed by atoms with van der Waals surface area (Å²) in [6, 6.07) is 0. The summed E-state index contributed by atoms with van der Waals surface area (Å²) in [7, 11) is 0. The van der Waals surface area contributed by atoms with Crippen LogP contribution < -0.4 is 0 Å². The normalized spacial score (nSPS) is 28.1. The van der Waals surface area contributed by atoms with E-state index >= 15 is 0 Å². The maximum Gasteiger partial charge on any atom is 0.0579 e. The lowest BCUT2D eigenvalue weighted by atomic mass is 9.87. The molecular weight excluding hydrogens is 388 g/mol. The molecule has 0 aliphatic carbocycles. The number of rotatable bonds is 14. The highest BCUT2D eigenvalue weighted by Crippen LogP contribution is 2.31. The standard InChI is InChI=1S/C27H52O4/c1-26(2,20-28)18-8-16-24-14-6-12-22(30-24)10-5-11-23-13-7-15-25(31-23)17-9-19-27(3,4)21-29/h22-25,28-29H,5-21H2,1-4H3. The van der Waals surface area contributed by atoms with Gasteiger partial charge in [0.05, 0.1) is 24.4 Å². The highest BCUT2D eigenvalue weighted by molar-refractivity contribution is 4.76. The van der Waals surface area contributed by atoms with Crippen LogP contribution in [0.25, 0.3) is 0 Å². The average Bonchev–Trinajstić information content (AvgIpc) is 2.74. The number of hydrogen-bond donors (Lipinski definition) is 2. The molecule has 0 radical (unpaired) electrons. The molecule has 2 rings (SSSR count). The maximum atomic E-state index is 9.43. The Hall–Kier alpha value is -0.160. The van der Waals surface area contributed by atoms with Gasteiger partial charge in [0, 0.05) is 13.2 Å². The lowest BCUT2D eigenvalue weighted by molar-refractivity contribution is -0.0712. The zero-order valence-electron chi connectivity index (χ0n) is 21.0. The molecule has 0 aromatic rings. The number of aliphatic hydroxyl groups is 2. The molecule has 0 amide bonds. The fourth-order valence-corrected chi connectivity index (χ4v) is 5.16. The van der Waals surface area contributed by atoms with E-state index in [1.165, 1.54) is 57.8 Å². The van der Waals surface area contributed by atoms with Crippen molar-refractivity contribution in [2.75, 3.05) is 13.2 Å². The molecule has 4 unspecified atom stereocenters. The Morgan fingerprint density at radius 1 is 0.581 bits per heavy atom. The largest absolute Gasteiger partial charge is 0.396 e. The highest BCUT2D eigenvalue weighted by atomic mass is 16.5. The third-order valence-electron chi connectivity index (χ3n) is 7.54. The SMILES string of the molecule is CC(C)(CO)CCCC1CCCC(CCCC2CCCC(CCCC(C)(C)CO)O2)O1. The first-order chi connectivity index (χ1) is 14.7. The third-order valence-corrected chi connectivity index (χ3v) is 7.54. The first-order valence-electron chi connectivity index (χ1n) is 13.3. The monoisotopic (exact) mass is 440 g/mol. The smallest absolute Gasteiger partial charge is 0.0579 e. The maximum absolute atomic E-state index is 9.43. The van der Waals surface area contributed by atoms with Gasteiger partial charge in [0.15, 0.2) is 0 Å². The van der Waals surface area contributed by atoms with Gasteiger partial charge in [0.2, 0.25) is 0 Å². The Labute approximate surface area is 192 Å². The van der Waals surface area contributed by atoms with E-state index in [0.717, 1.165) is 38.5 Å². The average molecular weight is 441 g/mol. The molecular formula is C27H52O4. The second kappa shape index (κ2) is 13.5. The van der Waals surface area contributed by atoms with Crippen molar-refractivity contribution in [3.8, 4) is 0 Å². The Bertz CT molecular complexity index is 434. The molecule has 2 fully saturated rings. The van der Waals surface area contributed by atoms with Gasteiger partial charge in [0.25, 0.3) is 0 Å². The van der Waals surface area contributed by atoms with Gasteiger partial charge in [-0.1, -0.05) is 40.5 Å². The number of hydrogen-bond acceptors (Lipinski definition) is 4. The minimum Gasteiger partial charge on any atom is -0.396 e. The summed E-state index contributed by atoms with van der Waals surface area (Å²) in [5.41, 5.74) is 0.0852. The molecule has 0 saturated carbocycles. The predicted octanol–water partition coefficient (Wildman–Crippen LogP) is 6.41. The molecule has 2 aliphatic rings. The second-order valence-electron chi connectivity index (χ2n) is 12.0. The van der Waals surface area contributed by atoms with Crippen LogP contribution in [-0.4, -0.2) is 47.8 Å². The van der Waals surface area contributed by atoms with E-state index in [0.29, 0.717) is 24.4 Å². The molecule has 4 heteroatoms. The molecule has 0 bridgehead atoms. The highest BCUT2D eigenvalue weighted by Gasteiger charge is 2.26. The first-order valence-corrected chi connectivity index (χ1v) is 13.3. The molecule has 2 aliphatic heterocycles. The van der Waals surface area contributed by atoms with Crippen LogP contribution in [0.4, 0.5) is 0 Å². The number of aliphatic hydroxyl groups excluding tert-OH is 2. The lowest BCUT2D eigenvalue weighted by Gasteiger charge is -2.33. The molecule has 2 heterocycles. The molecule has 0 aromatic heterocycles. The van der Waals surface area contributed by atoms with Crippen LogP contribution in [0, 0.1) is 10.8 Å². The lowest BCUT2D eigenvalue weighted by Crippen LogP contribution is -2.30. The molecule has 4 nitrogen and oxygen atoms in total. The summed E-state index contributed by atoms with van der Waals surface area (Å²) in [5, 5.41) is 18.9. The minimum absolute atomic E-state index is 0.0426. The van der Waals surface area contributed by atoms with E-state index in [9.17, 15) is 10.2 Å². The fourth-order valence-electron chi connectivity index (χ4n) is 5.16. The minimum atomic E-state index is 0.0426. The van der Waals surface area contributed by atoms with Gasteiger partial charge in [-0.05, 0) is 94.3 Å². The van der Waals surface area contributed by atoms with E-state index in [-0.39, 0.29) is 24.0 Å². The second-order valence-corrected chi connectivity index (χ2v) is 12.0. The van der Waals surface area contributed by atoms with Crippen molar-refractivity contribution in [1.82, 2.24) is 0 Å². The summed E-state index contributed by atoms with van der Waals surface area (Å²) in [4.78, 5) is 0. The van der Waals surface area contributed by atoms with Gasteiger partial charge in [-0.15, -0.1) is 0 Å². The van der Waals surface area contributed by atoms with Gasteiger partial charge in [-0.25, -0.2) is 0 Å². The van der Waals surface area contributed by atoms with E-state index in [1.54, 1.807) is 0 Å². The van der Waals surface area contributed by atoms with E-state index in [2.05, 4.69) is 27.7 Å². The van der Waals surface area contributed by atoms with Crippen molar-refractivity contribution >= 4 is 0 Å². The van der Waals surface area contributed by atoms with E-state index in [1.807, 2.05) is 0 Å². The molecule has 0 aromatic carbocycles. The Kier molecular flexibility index (Phi) is 11.8. The van der Waals surface area contributed by atoms with Crippen LogP contribution in [0.2, 0.25) is 0 Å². The van der Waals surface area contributed by atoms with Crippen LogP contribution in [0.5, 0.6) is 0 Å². The quantitative estimate of drug-likeness (QED) is 0.328. The zero-order chi connectivity index (χ0) is 22.7. The molecule has 184 valence electrons. The van der Waals surface area contributed by atoms with Crippen LogP contribution in [-0.2, 0) is 9.47 Å². The molecule has 0 spiro atoms. The predicted molar refractivity (Wildman–Crippen MR) is 128 cm³/mol. The van der Waals surface area contributed by atoms with E-state index < -0.39 is 0 Å². The Morgan fingerprint density at radius 3 is 1.23 bits per heavy atom. The van der Waals surface area contributed by atoms with Crippen molar-refractivity contribution < 1.29 is 19.7 Å². The fraction of sp³-hybridized carbons (Fsp3) is 1.00. The zero-order valence-corrected chi connectivity index (χ0v) is 21.0. The molecule has 4 atom stereocenters. The first kappa shape index (κ1) is 27.1. The van der Waals surface area contributed by atoms with Crippen LogP contribution >= 0.6 is 0 Å². The van der Waals surface area contributed by atoms with Gasteiger partial charge >= 0.3 is 0 Å². The summed E-state index contributed by atoms with van der Waals surface area (Å²) >= 11 is 0.